The van der Waals surface area contributed by atoms with Crippen molar-refractivity contribution in [1.29, 1.82) is 0 Å². The highest BCUT2D eigenvalue weighted by atomic mass is 16.4. The molecule has 72 valence electrons. The maximum atomic E-state index is 10.7. The first-order valence-corrected chi connectivity index (χ1v) is 4.33. The lowest BCUT2D eigenvalue weighted by atomic mass is 9.97. The number of fused-ring (bicyclic) bond motifs is 1. The fraction of sp³-hybridized carbons (Fsp3) is 0.200. The molecule has 0 bridgehead atoms. The normalized spacial score (nSPS) is 19.7. The van der Waals surface area contributed by atoms with Crippen LogP contribution < -0.4 is 5.73 Å². The molecule has 1 aromatic carbocycles. The van der Waals surface area contributed by atoms with E-state index in [1.54, 1.807) is 0 Å². The number of hydrogen-bond donors (Lipinski definition) is 2. The molecular weight excluding hydrogens is 180 g/mol. The van der Waals surface area contributed by atoms with Crippen LogP contribution in [0.2, 0.25) is 0 Å². The minimum Gasteiger partial charge on any atom is -0.480 e. The van der Waals surface area contributed by atoms with Gasteiger partial charge in [-0.25, -0.2) is 4.79 Å². The van der Waals surface area contributed by atoms with Crippen LogP contribution in [0.1, 0.15) is 11.1 Å². The molecule has 0 amide bonds. The minimum atomic E-state index is -0.928. The molecule has 0 aromatic heterocycles. The Hall–Kier alpha value is -1.84. The van der Waals surface area contributed by atoms with E-state index in [1.807, 2.05) is 24.3 Å². The number of carbonyl (C=O) groups is 1. The first kappa shape index (κ1) is 8.74. The molecule has 0 saturated carbocycles. The maximum Gasteiger partial charge on any atom is 0.328 e. The standard InChI is InChI=1S/C10H10N2O2/c11-9-7-4-2-1-3-6(7)5-8(12-9)10(13)14/h1-4,8H,5H2,(H2,11,12)(H,13,14). The molecule has 4 nitrogen and oxygen atoms in total. The van der Waals surface area contributed by atoms with Gasteiger partial charge >= 0.3 is 5.97 Å². The van der Waals surface area contributed by atoms with Crippen LogP contribution in [0.4, 0.5) is 0 Å². The van der Waals surface area contributed by atoms with E-state index in [0.717, 1.165) is 11.1 Å². The topological polar surface area (TPSA) is 75.7 Å². The van der Waals surface area contributed by atoms with E-state index >= 15 is 0 Å². The monoisotopic (exact) mass is 190 g/mol. The number of amidine groups is 1. The van der Waals surface area contributed by atoms with Crippen molar-refractivity contribution in [2.24, 2.45) is 10.7 Å². The SMILES string of the molecule is NC1=NC(C(=O)O)Cc2ccccc21. The summed E-state index contributed by atoms with van der Waals surface area (Å²) in [5.74, 6) is -0.610. The average molecular weight is 190 g/mol. The van der Waals surface area contributed by atoms with Crippen molar-refractivity contribution in [2.45, 2.75) is 12.5 Å². The number of hydrogen-bond acceptors (Lipinski definition) is 3. The molecule has 1 aliphatic heterocycles. The van der Waals surface area contributed by atoms with Crippen LogP contribution in [0, 0.1) is 0 Å². The summed E-state index contributed by atoms with van der Waals surface area (Å²) < 4.78 is 0. The summed E-state index contributed by atoms with van der Waals surface area (Å²) in [7, 11) is 0. The molecular formula is C10H10N2O2. The summed E-state index contributed by atoms with van der Waals surface area (Å²) >= 11 is 0. The second-order valence-corrected chi connectivity index (χ2v) is 3.23. The Labute approximate surface area is 81.1 Å². The molecule has 14 heavy (non-hydrogen) atoms. The summed E-state index contributed by atoms with van der Waals surface area (Å²) in [6.07, 6.45) is 0.423. The highest BCUT2D eigenvalue weighted by molar-refractivity contribution is 6.01. The molecule has 1 unspecified atom stereocenters. The predicted octanol–water partition coefficient (Wildman–Crippen LogP) is 0.401. The molecule has 0 radical (unpaired) electrons. The molecule has 0 fully saturated rings. The van der Waals surface area contributed by atoms with Crippen LogP contribution >= 0.6 is 0 Å². The predicted molar refractivity (Wildman–Crippen MR) is 52.3 cm³/mol. The summed E-state index contributed by atoms with van der Waals surface area (Å²) in [6, 6.07) is 6.74. The van der Waals surface area contributed by atoms with E-state index in [-0.39, 0.29) is 0 Å². The average Bonchev–Trinajstić information content (AvgIpc) is 2.17. The Morgan fingerprint density at radius 1 is 1.50 bits per heavy atom. The molecule has 3 N–H and O–H groups in total. The third-order valence-electron chi connectivity index (χ3n) is 2.29. The molecule has 0 spiro atoms. The smallest absolute Gasteiger partial charge is 0.328 e. The quantitative estimate of drug-likeness (QED) is 0.673. The number of carboxylic acid groups (broad SMARTS) is 1. The largest absolute Gasteiger partial charge is 0.480 e. The van der Waals surface area contributed by atoms with Gasteiger partial charge in [0, 0.05) is 12.0 Å². The Balaban J connectivity index is 2.44. The van der Waals surface area contributed by atoms with Gasteiger partial charge in [-0.15, -0.1) is 0 Å². The molecule has 1 heterocycles. The zero-order valence-corrected chi connectivity index (χ0v) is 7.47. The molecule has 2 rings (SSSR count). The first-order valence-electron chi connectivity index (χ1n) is 4.33. The van der Waals surface area contributed by atoms with Gasteiger partial charge in [0.1, 0.15) is 5.84 Å². The third-order valence-corrected chi connectivity index (χ3v) is 2.29. The highest BCUT2D eigenvalue weighted by Gasteiger charge is 2.23. The Morgan fingerprint density at radius 3 is 2.93 bits per heavy atom. The van der Waals surface area contributed by atoms with Crippen molar-refractivity contribution in [3.8, 4) is 0 Å². The lowest BCUT2D eigenvalue weighted by molar-refractivity contribution is -0.138. The Kier molecular flexibility index (Phi) is 1.96. The zero-order chi connectivity index (χ0) is 10.1. The van der Waals surface area contributed by atoms with E-state index < -0.39 is 12.0 Å². The Morgan fingerprint density at radius 2 is 2.21 bits per heavy atom. The number of benzene rings is 1. The van der Waals surface area contributed by atoms with Gasteiger partial charge in [0.2, 0.25) is 0 Å². The van der Waals surface area contributed by atoms with Crippen LogP contribution in [-0.2, 0) is 11.2 Å². The summed E-state index contributed by atoms with van der Waals surface area (Å²) in [6.45, 7) is 0. The maximum absolute atomic E-state index is 10.7. The second-order valence-electron chi connectivity index (χ2n) is 3.23. The van der Waals surface area contributed by atoms with Crippen LogP contribution in [0.3, 0.4) is 0 Å². The van der Waals surface area contributed by atoms with Gasteiger partial charge in [0.05, 0.1) is 0 Å². The lowest BCUT2D eigenvalue weighted by Crippen LogP contribution is -2.31. The summed E-state index contributed by atoms with van der Waals surface area (Å²) in [4.78, 5) is 14.7. The van der Waals surface area contributed by atoms with E-state index in [0.29, 0.717) is 12.3 Å². The first-order chi connectivity index (χ1) is 6.68. The van der Waals surface area contributed by atoms with Gasteiger partial charge in [-0.05, 0) is 5.56 Å². The second kappa shape index (κ2) is 3.14. The van der Waals surface area contributed by atoms with E-state index in [2.05, 4.69) is 4.99 Å². The fourth-order valence-corrected chi connectivity index (χ4v) is 1.58. The highest BCUT2D eigenvalue weighted by Crippen LogP contribution is 2.17. The zero-order valence-electron chi connectivity index (χ0n) is 7.47. The Bertz CT molecular complexity index is 412. The van der Waals surface area contributed by atoms with Crippen LogP contribution in [0.15, 0.2) is 29.3 Å². The van der Waals surface area contributed by atoms with Crippen molar-refractivity contribution in [2.75, 3.05) is 0 Å². The molecule has 1 aliphatic rings. The van der Waals surface area contributed by atoms with Gasteiger partial charge < -0.3 is 10.8 Å². The summed E-state index contributed by atoms with van der Waals surface area (Å²) in [5.41, 5.74) is 7.46. The van der Waals surface area contributed by atoms with E-state index in [4.69, 9.17) is 10.8 Å². The van der Waals surface area contributed by atoms with Gasteiger partial charge in [-0.1, -0.05) is 24.3 Å². The van der Waals surface area contributed by atoms with Crippen LogP contribution in [-0.4, -0.2) is 23.0 Å². The summed E-state index contributed by atoms with van der Waals surface area (Å²) in [5, 5.41) is 8.82. The van der Waals surface area contributed by atoms with Gasteiger partial charge in [-0.3, -0.25) is 4.99 Å². The van der Waals surface area contributed by atoms with Crippen molar-refractivity contribution in [3.63, 3.8) is 0 Å². The molecule has 1 aromatic rings. The van der Waals surface area contributed by atoms with Gasteiger partial charge in [0.25, 0.3) is 0 Å². The van der Waals surface area contributed by atoms with Crippen molar-refractivity contribution in [1.82, 2.24) is 0 Å². The lowest BCUT2D eigenvalue weighted by Gasteiger charge is -2.18. The molecule has 4 heteroatoms. The van der Waals surface area contributed by atoms with Crippen molar-refractivity contribution < 1.29 is 9.90 Å². The number of nitrogens with two attached hydrogens (primary N) is 1. The molecule has 1 atom stereocenters. The van der Waals surface area contributed by atoms with Crippen LogP contribution in [0.25, 0.3) is 0 Å². The third kappa shape index (κ3) is 1.35. The number of aliphatic carboxylic acids is 1. The minimum absolute atomic E-state index is 0.319. The fourth-order valence-electron chi connectivity index (χ4n) is 1.58. The number of rotatable bonds is 1. The molecule has 0 aliphatic carbocycles. The molecule has 0 saturated heterocycles. The number of nitrogens with zero attached hydrogens (tertiary/aromatic N) is 1. The number of carboxylic acids is 1. The van der Waals surface area contributed by atoms with E-state index in [9.17, 15) is 4.79 Å². The van der Waals surface area contributed by atoms with Crippen molar-refractivity contribution in [3.05, 3.63) is 35.4 Å². The van der Waals surface area contributed by atoms with Gasteiger partial charge in [0.15, 0.2) is 6.04 Å². The van der Waals surface area contributed by atoms with Gasteiger partial charge in [-0.2, -0.15) is 0 Å². The van der Waals surface area contributed by atoms with Crippen molar-refractivity contribution >= 4 is 11.8 Å². The van der Waals surface area contributed by atoms with E-state index in [1.165, 1.54) is 0 Å². The van der Waals surface area contributed by atoms with Crippen LogP contribution in [0.5, 0.6) is 0 Å². The number of aliphatic imine (C=N–C) groups is 1.